The number of thioether (sulfide) groups is 1. The number of amides is 1. The molecule has 16 heteroatoms. The second-order valence-electron chi connectivity index (χ2n) is 13.9. The van der Waals surface area contributed by atoms with Crippen LogP contribution in [0.3, 0.4) is 0 Å². The smallest absolute Gasteiger partial charge is 0.332 e. The Morgan fingerprint density at radius 3 is 2.24 bits per heavy atom. The quantitative estimate of drug-likeness (QED) is 0.127. The minimum Gasteiger partial charge on any atom is -0.479 e. The molecule has 0 aromatic carbocycles. The number of esters is 1. The third kappa shape index (κ3) is 9.84. The van der Waals surface area contributed by atoms with Crippen molar-refractivity contribution in [2.45, 2.75) is 157 Å². The molecule has 0 aromatic heterocycles. The summed E-state index contributed by atoms with van der Waals surface area (Å²) in [5, 5.41) is 65.2. The van der Waals surface area contributed by atoms with Gasteiger partial charge in [0.15, 0.2) is 12.4 Å². The van der Waals surface area contributed by atoms with Crippen molar-refractivity contribution in [3.63, 3.8) is 0 Å². The number of aliphatic hydroxyl groups excluding tert-OH is 5. The number of rotatable bonds is 13. The van der Waals surface area contributed by atoms with Gasteiger partial charge in [-0.2, -0.15) is 0 Å². The third-order valence-corrected chi connectivity index (χ3v) is 11.9. The SMILES string of the molecule is CCC1CC(C(=O)OC)C[C@@H](O[C@@H]2SC(CO)[C@H](O)C(O[C@@H](CC3CCCCC3)C(=O)O)C2NC(C)=O)C1O[C@@H]1OC(C)[C@@H](O)C(O)C1O. The second-order valence-corrected chi connectivity index (χ2v) is 15.3. The number of carbonyl (C=O) groups is 3. The predicted octanol–water partition coefficient (Wildman–Crippen LogP) is 0.302. The molecule has 0 aromatic rings. The molecule has 4 rings (SSSR count). The first kappa shape index (κ1) is 40.2. The zero-order valence-electron chi connectivity index (χ0n) is 28.7. The van der Waals surface area contributed by atoms with Gasteiger partial charge in [0.2, 0.25) is 5.91 Å². The average Bonchev–Trinajstić information content (AvgIpc) is 3.08. The van der Waals surface area contributed by atoms with Crippen molar-refractivity contribution in [3.05, 3.63) is 0 Å². The zero-order valence-corrected chi connectivity index (χ0v) is 29.5. The standard InChI is InChI=1S/C33H55NO14S/c1-5-18-12-19(31(43)44-4)13-20(28(18)48-32-27(40)26(39)24(37)15(2)45-32)47-33-23(34-16(3)36)29(25(38)22(14-35)49-33)46-21(30(41)42)11-17-9-7-6-8-10-17/h15,17-29,32-33,35,37-40H,5-14H2,1-4H3,(H,34,36)(H,41,42)/t15?,18?,19?,20-,21+,22?,23?,24-,25+,26?,27?,28?,29?,32+,33-/m1/s1. The second kappa shape index (κ2) is 18.2. The highest BCUT2D eigenvalue weighted by atomic mass is 32.2. The van der Waals surface area contributed by atoms with E-state index < -0.39 is 108 Å². The van der Waals surface area contributed by atoms with Crippen LogP contribution >= 0.6 is 11.8 Å². The van der Waals surface area contributed by atoms with Crippen LogP contribution in [0, 0.1) is 17.8 Å². The Balaban J connectivity index is 1.65. The van der Waals surface area contributed by atoms with Crippen LogP contribution in [-0.4, -0.2) is 140 Å². The van der Waals surface area contributed by atoms with E-state index in [1.54, 1.807) is 0 Å². The molecule has 0 bridgehead atoms. The number of ether oxygens (including phenoxy) is 5. The molecule has 282 valence electrons. The summed E-state index contributed by atoms with van der Waals surface area (Å²) in [6, 6.07) is -1.08. The summed E-state index contributed by atoms with van der Waals surface area (Å²) in [7, 11) is 1.28. The maximum absolute atomic E-state index is 12.8. The molecule has 0 radical (unpaired) electrons. The summed E-state index contributed by atoms with van der Waals surface area (Å²) >= 11 is 1.04. The van der Waals surface area contributed by atoms with Crippen molar-refractivity contribution in [2.24, 2.45) is 17.8 Å². The largest absolute Gasteiger partial charge is 0.479 e. The molecule has 2 saturated carbocycles. The molecule has 2 aliphatic heterocycles. The lowest BCUT2D eigenvalue weighted by Crippen LogP contribution is -2.64. The number of carboxylic acid groups (broad SMARTS) is 1. The Morgan fingerprint density at radius 2 is 1.65 bits per heavy atom. The monoisotopic (exact) mass is 721 g/mol. The van der Waals surface area contributed by atoms with Gasteiger partial charge in [0.05, 0.1) is 55.3 Å². The molecule has 15 atom stereocenters. The van der Waals surface area contributed by atoms with E-state index >= 15 is 0 Å². The molecule has 49 heavy (non-hydrogen) atoms. The Bertz CT molecular complexity index is 1100. The molecule has 4 aliphatic rings. The van der Waals surface area contributed by atoms with E-state index in [2.05, 4.69) is 5.32 Å². The first-order chi connectivity index (χ1) is 23.3. The van der Waals surface area contributed by atoms with Crippen molar-refractivity contribution in [1.82, 2.24) is 5.32 Å². The summed E-state index contributed by atoms with van der Waals surface area (Å²) in [5.41, 5.74) is -1.02. The van der Waals surface area contributed by atoms with E-state index in [0.717, 1.165) is 43.9 Å². The molecule has 2 heterocycles. The van der Waals surface area contributed by atoms with Crippen LogP contribution in [0.2, 0.25) is 0 Å². The third-order valence-electron chi connectivity index (χ3n) is 10.5. The minimum absolute atomic E-state index is 0.0958. The summed E-state index contributed by atoms with van der Waals surface area (Å²) in [6.07, 6.45) is -6.35. The number of nitrogens with one attached hydrogen (secondary N) is 1. The highest BCUT2D eigenvalue weighted by Crippen LogP contribution is 2.43. The van der Waals surface area contributed by atoms with Crippen LogP contribution in [0.5, 0.6) is 0 Å². The van der Waals surface area contributed by atoms with Gasteiger partial charge < -0.3 is 59.6 Å². The van der Waals surface area contributed by atoms with Crippen molar-refractivity contribution < 1.29 is 68.7 Å². The van der Waals surface area contributed by atoms with E-state index in [9.17, 15) is 45.0 Å². The highest BCUT2D eigenvalue weighted by molar-refractivity contribution is 8.00. The molecule has 0 spiro atoms. The number of aliphatic carboxylic acids is 1. The first-order valence-electron chi connectivity index (χ1n) is 17.5. The van der Waals surface area contributed by atoms with Gasteiger partial charge in [-0.25, -0.2) is 4.79 Å². The summed E-state index contributed by atoms with van der Waals surface area (Å²) in [6.45, 7) is 4.19. The fraction of sp³-hybridized carbons (Fsp3) is 0.909. The molecule has 2 aliphatic carbocycles. The number of carbonyl (C=O) groups excluding carboxylic acids is 2. The molecular formula is C33H55NO14S. The van der Waals surface area contributed by atoms with Crippen molar-refractivity contribution in [1.29, 1.82) is 0 Å². The number of aliphatic hydroxyl groups is 5. The summed E-state index contributed by atoms with van der Waals surface area (Å²) < 4.78 is 30.0. The highest BCUT2D eigenvalue weighted by Gasteiger charge is 2.52. The molecule has 7 N–H and O–H groups in total. The Kier molecular flexibility index (Phi) is 15.0. The van der Waals surface area contributed by atoms with Crippen molar-refractivity contribution >= 4 is 29.6 Å². The van der Waals surface area contributed by atoms with Crippen molar-refractivity contribution in [2.75, 3.05) is 13.7 Å². The van der Waals surface area contributed by atoms with Gasteiger partial charge in [0.1, 0.15) is 29.9 Å². The topological polar surface area (TPSA) is 231 Å². The van der Waals surface area contributed by atoms with E-state index in [0.29, 0.717) is 12.8 Å². The zero-order chi connectivity index (χ0) is 36.0. The van der Waals surface area contributed by atoms with Crippen LogP contribution in [0.25, 0.3) is 0 Å². The Labute approximate surface area is 291 Å². The summed E-state index contributed by atoms with van der Waals surface area (Å²) in [4.78, 5) is 37.9. The van der Waals surface area contributed by atoms with E-state index in [-0.39, 0.29) is 24.7 Å². The molecule has 2 saturated heterocycles. The Morgan fingerprint density at radius 1 is 0.959 bits per heavy atom. The fourth-order valence-corrected chi connectivity index (χ4v) is 9.07. The van der Waals surface area contributed by atoms with Gasteiger partial charge in [-0.05, 0) is 38.0 Å². The molecule has 1 amide bonds. The van der Waals surface area contributed by atoms with Crippen LogP contribution in [0.1, 0.15) is 78.6 Å². The molecular weight excluding hydrogens is 666 g/mol. The molecule has 9 unspecified atom stereocenters. The van der Waals surface area contributed by atoms with Crippen LogP contribution in [0.4, 0.5) is 0 Å². The number of methoxy groups -OCH3 is 1. The van der Waals surface area contributed by atoms with Gasteiger partial charge in [-0.3, -0.25) is 9.59 Å². The van der Waals surface area contributed by atoms with Crippen LogP contribution in [0.15, 0.2) is 0 Å². The lowest BCUT2D eigenvalue weighted by atomic mass is 9.76. The lowest BCUT2D eigenvalue weighted by Gasteiger charge is -2.49. The average molecular weight is 722 g/mol. The maximum Gasteiger partial charge on any atom is 0.332 e. The van der Waals surface area contributed by atoms with E-state index in [1.165, 1.54) is 21.0 Å². The normalized spacial score (nSPS) is 41.1. The maximum atomic E-state index is 12.8. The van der Waals surface area contributed by atoms with Gasteiger partial charge in [-0.15, -0.1) is 11.8 Å². The van der Waals surface area contributed by atoms with Crippen LogP contribution < -0.4 is 5.32 Å². The number of hydrogen-bond donors (Lipinski definition) is 7. The molecule has 4 fully saturated rings. The summed E-state index contributed by atoms with van der Waals surface area (Å²) in [5.74, 6) is -2.95. The fourth-order valence-electron chi connectivity index (χ4n) is 7.72. The van der Waals surface area contributed by atoms with Gasteiger partial charge in [0, 0.05) is 6.92 Å². The van der Waals surface area contributed by atoms with Gasteiger partial charge in [0.25, 0.3) is 0 Å². The first-order valence-corrected chi connectivity index (χ1v) is 18.4. The van der Waals surface area contributed by atoms with Crippen LogP contribution in [-0.2, 0) is 38.1 Å². The van der Waals surface area contributed by atoms with Gasteiger partial charge in [-0.1, -0.05) is 45.4 Å². The molecule has 15 nitrogen and oxygen atoms in total. The predicted molar refractivity (Wildman–Crippen MR) is 174 cm³/mol. The van der Waals surface area contributed by atoms with E-state index in [4.69, 9.17) is 23.7 Å². The number of carboxylic acids is 1. The minimum atomic E-state index is -1.59. The Hall–Kier alpha value is -1.60. The van der Waals surface area contributed by atoms with Crippen molar-refractivity contribution in [3.8, 4) is 0 Å². The van der Waals surface area contributed by atoms with Gasteiger partial charge >= 0.3 is 11.9 Å². The number of hydrogen-bond acceptors (Lipinski definition) is 14. The van der Waals surface area contributed by atoms with E-state index in [1.807, 2.05) is 6.92 Å². The lowest BCUT2D eigenvalue weighted by molar-refractivity contribution is -0.320.